The van der Waals surface area contributed by atoms with Crippen LogP contribution in [-0.2, 0) is 6.42 Å². The maximum atomic E-state index is 9.55. The van der Waals surface area contributed by atoms with Gasteiger partial charge in [0, 0.05) is 6.21 Å². The van der Waals surface area contributed by atoms with Gasteiger partial charge in [-0.2, -0.15) is 0 Å². The largest absolute Gasteiger partial charge is 0.504 e. The lowest BCUT2D eigenvalue weighted by Crippen LogP contribution is -1.87. The third kappa shape index (κ3) is 4.35. The Morgan fingerprint density at radius 2 is 1.90 bits per heavy atom. The Morgan fingerprint density at radius 3 is 2.57 bits per heavy atom. The monoisotopic (exact) mass is 283 g/mol. The molecule has 0 radical (unpaired) electrons. The minimum absolute atomic E-state index is 0.134. The molecule has 2 rings (SSSR count). The van der Waals surface area contributed by atoms with Gasteiger partial charge in [-0.25, -0.2) is 0 Å². The molecule has 0 saturated carbocycles. The van der Waals surface area contributed by atoms with Crippen molar-refractivity contribution >= 4 is 11.9 Å². The highest BCUT2D eigenvalue weighted by molar-refractivity contribution is 5.83. The van der Waals surface area contributed by atoms with E-state index in [2.05, 4.69) is 24.0 Å². The lowest BCUT2D eigenvalue weighted by Gasteiger charge is -2.03. The van der Waals surface area contributed by atoms with Crippen molar-refractivity contribution in [2.45, 2.75) is 26.2 Å². The Hall–Kier alpha value is -2.29. The van der Waals surface area contributed by atoms with Gasteiger partial charge in [-0.1, -0.05) is 25.5 Å². The predicted octanol–water partition coefficient (Wildman–Crippen LogP) is 4.49. The van der Waals surface area contributed by atoms with Gasteiger partial charge in [0.25, 0.3) is 0 Å². The fourth-order valence-electron chi connectivity index (χ4n) is 2.05. The maximum absolute atomic E-state index is 9.55. The molecule has 0 aliphatic carbocycles. The van der Waals surface area contributed by atoms with Crippen molar-refractivity contribution < 1.29 is 9.84 Å². The Balaban J connectivity index is 2.06. The van der Waals surface area contributed by atoms with Crippen molar-refractivity contribution in [3.63, 3.8) is 0 Å². The van der Waals surface area contributed by atoms with E-state index in [9.17, 15) is 5.11 Å². The number of aliphatic imine (C=N–C) groups is 1. The Kier molecular flexibility index (Phi) is 5.38. The molecule has 0 spiro atoms. The molecule has 2 aromatic rings. The SMILES string of the molecule is CCCCc1ccc(N=Cc2ccc(O)c(OC)c2)cc1. The number of aromatic hydroxyl groups is 1. The minimum Gasteiger partial charge on any atom is -0.504 e. The zero-order valence-corrected chi connectivity index (χ0v) is 12.5. The third-order valence-electron chi connectivity index (χ3n) is 3.32. The second kappa shape index (κ2) is 7.48. The van der Waals surface area contributed by atoms with Gasteiger partial charge < -0.3 is 9.84 Å². The van der Waals surface area contributed by atoms with Crippen LogP contribution in [0.4, 0.5) is 5.69 Å². The highest BCUT2D eigenvalue weighted by Crippen LogP contribution is 2.25. The molecule has 0 atom stereocenters. The van der Waals surface area contributed by atoms with Crippen molar-refractivity contribution in [3.05, 3.63) is 53.6 Å². The van der Waals surface area contributed by atoms with E-state index >= 15 is 0 Å². The van der Waals surface area contributed by atoms with Crippen LogP contribution in [0.15, 0.2) is 47.5 Å². The van der Waals surface area contributed by atoms with E-state index in [0.29, 0.717) is 5.75 Å². The summed E-state index contributed by atoms with van der Waals surface area (Å²) in [6, 6.07) is 13.5. The van der Waals surface area contributed by atoms with Crippen molar-refractivity contribution in [2.75, 3.05) is 7.11 Å². The molecule has 0 fully saturated rings. The molecule has 21 heavy (non-hydrogen) atoms. The summed E-state index contributed by atoms with van der Waals surface area (Å²) in [6.45, 7) is 2.20. The fourth-order valence-corrected chi connectivity index (χ4v) is 2.05. The Bertz CT molecular complexity index is 603. The number of hydrogen-bond acceptors (Lipinski definition) is 3. The molecule has 110 valence electrons. The number of nitrogens with zero attached hydrogens (tertiary/aromatic N) is 1. The van der Waals surface area contributed by atoms with E-state index in [0.717, 1.165) is 17.7 Å². The molecule has 3 heteroatoms. The lowest BCUT2D eigenvalue weighted by atomic mass is 10.1. The van der Waals surface area contributed by atoms with Gasteiger partial charge in [-0.3, -0.25) is 4.99 Å². The summed E-state index contributed by atoms with van der Waals surface area (Å²) in [6.07, 6.45) is 5.32. The van der Waals surface area contributed by atoms with Gasteiger partial charge in [0.1, 0.15) is 0 Å². The van der Waals surface area contributed by atoms with Crippen LogP contribution in [0.3, 0.4) is 0 Å². The summed E-state index contributed by atoms with van der Waals surface area (Å²) in [4.78, 5) is 4.44. The molecule has 0 saturated heterocycles. The van der Waals surface area contributed by atoms with E-state index in [1.807, 2.05) is 12.1 Å². The third-order valence-corrected chi connectivity index (χ3v) is 3.32. The highest BCUT2D eigenvalue weighted by Gasteiger charge is 2.00. The van der Waals surface area contributed by atoms with Crippen molar-refractivity contribution in [2.24, 2.45) is 4.99 Å². The molecule has 0 heterocycles. The molecule has 0 unspecified atom stereocenters. The average molecular weight is 283 g/mol. The average Bonchev–Trinajstić information content (AvgIpc) is 2.53. The van der Waals surface area contributed by atoms with Crippen LogP contribution in [0, 0.1) is 0 Å². The number of hydrogen-bond donors (Lipinski definition) is 1. The van der Waals surface area contributed by atoms with E-state index < -0.39 is 0 Å². The standard InChI is InChI=1S/C18H21NO2/c1-3-4-5-14-6-9-16(10-7-14)19-13-15-8-11-17(20)18(12-15)21-2/h6-13,20H,3-5H2,1-2H3. The number of phenols is 1. The maximum Gasteiger partial charge on any atom is 0.161 e. The first-order valence-corrected chi connectivity index (χ1v) is 7.23. The van der Waals surface area contributed by atoms with Crippen molar-refractivity contribution in [3.8, 4) is 11.5 Å². The molecule has 0 aromatic heterocycles. The van der Waals surface area contributed by atoms with E-state index in [1.165, 1.54) is 25.5 Å². The number of rotatable bonds is 6. The molecule has 0 amide bonds. The topological polar surface area (TPSA) is 41.8 Å². The van der Waals surface area contributed by atoms with Crippen LogP contribution in [0.1, 0.15) is 30.9 Å². The number of unbranched alkanes of at least 4 members (excludes halogenated alkanes) is 1. The second-order valence-electron chi connectivity index (χ2n) is 4.96. The Morgan fingerprint density at radius 1 is 1.14 bits per heavy atom. The van der Waals surface area contributed by atoms with Crippen LogP contribution < -0.4 is 4.74 Å². The quantitative estimate of drug-likeness (QED) is 0.793. The molecule has 3 nitrogen and oxygen atoms in total. The van der Waals surface area contributed by atoms with E-state index in [-0.39, 0.29) is 5.75 Å². The van der Waals surface area contributed by atoms with Gasteiger partial charge in [-0.15, -0.1) is 0 Å². The minimum atomic E-state index is 0.134. The first-order chi connectivity index (χ1) is 10.2. The fraction of sp³-hybridized carbons (Fsp3) is 0.278. The number of benzene rings is 2. The predicted molar refractivity (Wildman–Crippen MR) is 87.0 cm³/mol. The van der Waals surface area contributed by atoms with Gasteiger partial charge >= 0.3 is 0 Å². The van der Waals surface area contributed by atoms with Crippen LogP contribution in [-0.4, -0.2) is 18.4 Å². The van der Waals surface area contributed by atoms with Gasteiger partial charge in [-0.05, 0) is 54.3 Å². The molecule has 0 bridgehead atoms. The summed E-state index contributed by atoms with van der Waals surface area (Å²) >= 11 is 0. The van der Waals surface area contributed by atoms with E-state index in [4.69, 9.17) is 4.74 Å². The van der Waals surface area contributed by atoms with Crippen molar-refractivity contribution in [1.82, 2.24) is 0 Å². The van der Waals surface area contributed by atoms with Gasteiger partial charge in [0.05, 0.1) is 12.8 Å². The van der Waals surface area contributed by atoms with E-state index in [1.54, 1.807) is 24.4 Å². The Labute approximate surface area is 125 Å². The smallest absolute Gasteiger partial charge is 0.161 e. The number of methoxy groups -OCH3 is 1. The molecular weight excluding hydrogens is 262 g/mol. The zero-order chi connectivity index (χ0) is 15.1. The molecular formula is C18H21NO2. The summed E-state index contributed by atoms with van der Waals surface area (Å²) < 4.78 is 5.08. The van der Waals surface area contributed by atoms with Gasteiger partial charge in [0.15, 0.2) is 11.5 Å². The number of phenolic OH excluding ortho intramolecular Hbond substituents is 1. The van der Waals surface area contributed by atoms with Crippen LogP contribution in [0.2, 0.25) is 0 Å². The molecule has 2 aromatic carbocycles. The van der Waals surface area contributed by atoms with Crippen LogP contribution in [0.5, 0.6) is 11.5 Å². The van der Waals surface area contributed by atoms with Crippen molar-refractivity contribution in [1.29, 1.82) is 0 Å². The summed E-state index contributed by atoms with van der Waals surface area (Å²) in [5.41, 5.74) is 3.16. The summed E-state index contributed by atoms with van der Waals surface area (Å²) in [7, 11) is 1.53. The zero-order valence-electron chi connectivity index (χ0n) is 12.5. The van der Waals surface area contributed by atoms with Crippen LogP contribution >= 0.6 is 0 Å². The normalized spacial score (nSPS) is 11.0. The molecule has 0 aliphatic heterocycles. The summed E-state index contributed by atoms with van der Waals surface area (Å²) in [5.74, 6) is 0.587. The lowest BCUT2D eigenvalue weighted by molar-refractivity contribution is 0.373. The second-order valence-corrected chi connectivity index (χ2v) is 4.96. The molecule has 0 aliphatic rings. The van der Waals surface area contributed by atoms with Gasteiger partial charge in [0.2, 0.25) is 0 Å². The number of aryl methyl sites for hydroxylation is 1. The van der Waals surface area contributed by atoms with Crippen LogP contribution in [0.25, 0.3) is 0 Å². The molecule has 1 N–H and O–H groups in total. The first kappa shape index (κ1) is 15.1. The summed E-state index contributed by atoms with van der Waals surface area (Å²) in [5, 5.41) is 9.55. The highest BCUT2D eigenvalue weighted by atomic mass is 16.5. The number of ether oxygens (including phenoxy) is 1. The first-order valence-electron chi connectivity index (χ1n) is 7.23.